The molecule has 3 aliphatic heterocycles. The van der Waals surface area contributed by atoms with Crippen molar-refractivity contribution in [2.24, 2.45) is 12.2 Å². The van der Waals surface area contributed by atoms with E-state index in [1.54, 1.807) is 38.7 Å². The summed E-state index contributed by atoms with van der Waals surface area (Å²) in [5, 5.41) is 19.2. The Morgan fingerprint density at radius 1 is 1.42 bits per heavy atom. The van der Waals surface area contributed by atoms with Crippen molar-refractivity contribution in [2.45, 2.75) is 51.0 Å². The van der Waals surface area contributed by atoms with Gasteiger partial charge in [0.2, 0.25) is 6.10 Å². The number of aromatic nitrogens is 2. The van der Waals surface area contributed by atoms with E-state index in [1.807, 2.05) is 0 Å². The largest absolute Gasteiger partial charge is 0.457 e. The molecule has 26 heavy (non-hydrogen) atoms. The van der Waals surface area contributed by atoms with Gasteiger partial charge in [-0.2, -0.15) is 10.2 Å². The summed E-state index contributed by atoms with van der Waals surface area (Å²) < 4.78 is 7.01. The number of urea groups is 1. The highest BCUT2D eigenvalue weighted by Crippen LogP contribution is 2.44. The molecule has 0 saturated carbocycles. The van der Waals surface area contributed by atoms with Crippen molar-refractivity contribution in [3.8, 4) is 0 Å². The predicted molar refractivity (Wildman–Crippen MR) is 87.2 cm³/mol. The third-order valence-electron chi connectivity index (χ3n) is 4.73. The first-order chi connectivity index (χ1) is 12.2. The molecule has 4 heterocycles. The molecule has 2 bridgehead atoms. The van der Waals surface area contributed by atoms with Crippen molar-refractivity contribution in [3.05, 3.63) is 17.5 Å². The number of amides is 2. The highest BCUT2D eigenvalue weighted by Gasteiger charge is 2.52. The molecule has 0 radical (unpaired) electrons. The quantitative estimate of drug-likeness (QED) is 0.623. The van der Waals surface area contributed by atoms with E-state index in [9.17, 15) is 14.8 Å². The summed E-state index contributed by atoms with van der Waals surface area (Å²) in [4.78, 5) is 31.5. The number of hydrogen-bond donors (Lipinski definition) is 1. The van der Waals surface area contributed by atoms with Gasteiger partial charge in [-0.05, 0) is 20.8 Å². The number of hydroxylamine groups is 2. The maximum absolute atomic E-state index is 12.4. The Bertz CT molecular complexity index is 810. The summed E-state index contributed by atoms with van der Waals surface area (Å²) in [6.07, 6.45) is 1.01. The van der Waals surface area contributed by atoms with E-state index >= 15 is 0 Å². The first-order valence-corrected chi connectivity index (χ1v) is 8.43. The molecular weight excluding hydrogens is 342 g/mol. The Hall–Kier alpha value is -2.62. The molecule has 1 saturated heterocycles. The van der Waals surface area contributed by atoms with Crippen LogP contribution in [-0.4, -0.2) is 60.9 Å². The predicted octanol–water partition coefficient (Wildman–Crippen LogP) is 1.13. The first kappa shape index (κ1) is 16.8. The third-order valence-corrected chi connectivity index (χ3v) is 4.73. The van der Waals surface area contributed by atoms with Crippen LogP contribution in [0.25, 0.3) is 0 Å². The number of aryl methyl sites for hydroxylation is 1. The van der Waals surface area contributed by atoms with Crippen LogP contribution in [0.4, 0.5) is 4.79 Å². The second-order valence-electron chi connectivity index (χ2n) is 7.72. The highest BCUT2D eigenvalue weighted by atomic mass is 16.7. The monoisotopic (exact) mass is 363 g/mol. The Labute approximate surface area is 149 Å². The fourth-order valence-electron chi connectivity index (χ4n) is 3.64. The Morgan fingerprint density at radius 2 is 2.15 bits per heavy atom. The molecule has 0 aromatic carbocycles. The average molecular weight is 363 g/mol. The van der Waals surface area contributed by atoms with Crippen molar-refractivity contribution in [1.82, 2.24) is 19.7 Å². The number of esters is 1. The fourth-order valence-corrected chi connectivity index (χ4v) is 3.64. The Balaban J connectivity index is 1.61. The lowest BCUT2D eigenvalue weighted by molar-refractivity contribution is -0.166. The summed E-state index contributed by atoms with van der Waals surface area (Å²) >= 11 is 0. The summed E-state index contributed by atoms with van der Waals surface area (Å²) in [6.45, 7) is 5.67. The van der Waals surface area contributed by atoms with Crippen LogP contribution in [0.15, 0.2) is 11.4 Å². The van der Waals surface area contributed by atoms with E-state index in [0.29, 0.717) is 12.3 Å². The lowest BCUT2D eigenvalue weighted by Gasteiger charge is -2.30. The van der Waals surface area contributed by atoms with Crippen molar-refractivity contribution in [3.63, 3.8) is 0 Å². The molecule has 2 amide bonds. The summed E-state index contributed by atoms with van der Waals surface area (Å²) in [5.41, 5.74) is 1.44. The number of rotatable bonds is 2. The van der Waals surface area contributed by atoms with Crippen molar-refractivity contribution >= 4 is 17.7 Å². The molecule has 1 unspecified atom stereocenters. The molecule has 140 valence electrons. The van der Waals surface area contributed by atoms with Crippen LogP contribution in [-0.2, 0) is 21.4 Å². The van der Waals surface area contributed by atoms with E-state index in [-0.39, 0.29) is 6.42 Å². The summed E-state index contributed by atoms with van der Waals surface area (Å²) in [6, 6.07) is -1.49. The molecule has 1 fully saturated rings. The van der Waals surface area contributed by atoms with Crippen LogP contribution in [0.1, 0.15) is 50.5 Å². The van der Waals surface area contributed by atoms with Gasteiger partial charge in [-0.3, -0.25) is 9.89 Å². The van der Waals surface area contributed by atoms with Gasteiger partial charge in [-0.15, -0.1) is 0 Å². The number of ether oxygens (including phenoxy) is 1. The molecule has 3 atom stereocenters. The smallest absolute Gasteiger partial charge is 0.351 e. The van der Waals surface area contributed by atoms with Crippen molar-refractivity contribution < 1.29 is 24.4 Å². The minimum atomic E-state index is -0.846. The number of nitrogens with zero attached hydrogens (tertiary/aromatic N) is 5. The molecule has 1 aromatic rings. The fraction of sp³-hybridized carbons (Fsp3) is 0.625. The second-order valence-corrected chi connectivity index (χ2v) is 7.72. The van der Waals surface area contributed by atoms with Crippen molar-refractivity contribution in [2.75, 3.05) is 6.54 Å². The SMILES string of the molecule is Cn1ncc2c1[C@@H](C1=NOC(C(=O)OC(C)(C)C)C1)N1C[C@@H]2N(O)C1=O. The number of hydrogen-bond acceptors (Lipinski definition) is 7. The van der Waals surface area contributed by atoms with E-state index in [4.69, 9.17) is 9.57 Å². The minimum Gasteiger partial charge on any atom is -0.457 e. The topological polar surface area (TPSA) is 109 Å². The van der Waals surface area contributed by atoms with Gasteiger partial charge in [-0.1, -0.05) is 5.16 Å². The van der Waals surface area contributed by atoms with Crippen LogP contribution >= 0.6 is 0 Å². The van der Waals surface area contributed by atoms with Crippen molar-refractivity contribution in [1.29, 1.82) is 0 Å². The molecule has 1 N–H and O–H groups in total. The molecule has 3 aliphatic rings. The third kappa shape index (κ3) is 2.44. The van der Waals surface area contributed by atoms with Crippen LogP contribution in [0.5, 0.6) is 0 Å². The maximum atomic E-state index is 12.4. The van der Waals surface area contributed by atoms with Gasteiger partial charge in [0.1, 0.15) is 17.7 Å². The highest BCUT2D eigenvalue weighted by molar-refractivity contribution is 5.98. The summed E-state index contributed by atoms with van der Waals surface area (Å²) in [5.74, 6) is -0.494. The minimum absolute atomic E-state index is 0.212. The zero-order chi connectivity index (χ0) is 18.8. The van der Waals surface area contributed by atoms with Crippen LogP contribution in [0.2, 0.25) is 0 Å². The van der Waals surface area contributed by atoms with E-state index < -0.39 is 35.8 Å². The molecule has 0 aliphatic carbocycles. The zero-order valence-electron chi connectivity index (χ0n) is 15.0. The van der Waals surface area contributed by atoms with Gasteiger partial charge in [0.05, 0.1) is 24.1 Å². The molecule has 1 aromatic heterocycles. The van der Waals surface area contributed by atoms with E-state index in [2.05, 4.69) is 10.3 Å². The Morgan fingerprint density at radius 3 is 2.85 bits per heavy atom. The van der Waals surface area contributed by atoms with Gasteiger partial charge < -0.3 is 14.5 Å². The van der Waals surface area contributed by atoms with Gasteiger partial charge >= 0.3 is 12.0 Å². The normalized spacial score (nSPS) is 27.3. The lowest BCUT2D eigenvalue weighted by atomic mass is 9.93. The number of oxime groups is 1. The second kappa shape index (κ2) is 5.44. The number of carbonyl (C=O) groups excluding carboxylic acids is 2. The van der Waals surface area contributed by atoms with Gasteiger partial charge in [0.25, 0.3) is 0 Å². The standard InChI is InChI=1S/C16H21N5O5/c1-16(2,3)25-14(22)11-5-9(18-26-11)13-12-8(6-17-19(12)4)10-7-20(13)15(23)21(10)24/h6,10-11,13,24H,5,7H2,1-4H3/t10-,11?,13+/m0/s1. The van der Waals surface area contributed by atoms with E-state index in [0.717, 1.165) is 16.3 Å². The molecule has 0 spiro atoms. The van der Waals surface area contributed by atoms with Gasteiger partial charge in [-0.25, -0.2) is 9.59 Å². The van der Waals surface area contributed by atoms with Crippen LogP contribution in [0, 0.1) is 0 Å². The van der Waals surface area contributed by atoms with Gasteiger partial charge in [0, 0.05) is 19.0 Å². The van der Waals surface area contributed by atoms with E-state index in [1.165, 1.54) is 4.90 Å². The molecule has 10 heteroatoms. The molecular formula is C16H21N5O5. The van der Waals surface area contributed by atoms with Crippen LogP contribution in [0.3, 0.4) is 0 Å². The molecule has 4 rings (SSSR count). The first-order valence-electron chi connectivity index (χ1n) is 8.43. The average Bonchev–Trinajstić information content (AvgIpc) is 3.23. The Kier molecular flexibility index (Phi) is 3.52. The van der Waals surface area contributed by atoms with Gasteiger partial charge in [0.15, 0.2) is 0 Å². The summed E-state index contributed by atoms with van der Waals surface area (Å²) in [7, 11) is 1.77. The maximum Gasteiger partial charge on any atom is 0.351 e. The zero-order valence-corrected chi connectivity index (χ0v) is 15.0. The number of fused-ring (bicyclic) bond motifs is 4. The molecule has 10 nitrogen and oxygen atoms in total. The van der Waals surface area contributed by atoms with Crippen LogP contribution < -0.4 is 0 Å². The number of carbonyl (C=O) groups is 2. The lowest BCUT2D eigenvalue weighted by Crippen LogP contribution is -2.40.